The molecule has 0 aliphatic heterocycles. The van der Waals surface area contributed by atoms with Crippen LogP contribution in [0.3, 0.4) is 0 Å². The monoisotopic (exact) mass is 728 g/mol. The van der Waals surface area contributed by atoms with Crippen molar-refractivity contribution in [3.63, 3.8) is 0 Å². The maximum absolute atomic E-state index is 16.4. The number of hydrogen-bond donors (Lipinski definition) is 1. The van der Waals surface area contributed by atoms with Gasteiger partial charge in [0, 0.05) is 22.7 Å². The number of benzene rings is 4. The van der Waals surface area contributed by atoms with Crippen LogP contribution in [0.4, 0.5) is 20.2 Å². The van der Waals surface area contributed by atoms with Crippen molar-refractivity contribution in [3.05, 3.63) is 141 Å². The molecule has 0 bridgehead atoms. The van der Waals surface area contributed by atoms with Gasteiger partial charge >= 0.3 is 0 Å². The third-order valence-electron chi connectivity index (χ3n) is 12.8. The molecule has 5 atom stereocenters. The summed E-state index contributed by atoms with van der Waals surface area (Å²) in [5, 5.41) is 3.61. The highest BCUT2D eigenvalue weighted by Crippen LogP contribution is 2.55. The number of rotatable bonds is 15. The summed E-state index contributed by atoms with van der Waals surface area (Å²) in [4.78, 5) is 5.18. The first-order valence-electron chi connectivity index (χ1n) is 20.8. The number of allylic oxidation sites excluding steroid dienone is 1. The van der Waals surface area contributed by atoms with Crippen molar-refractivity contribution in [2.75, 3.05) is 5.32 Å². The van der Waals surface area contributed by atoms with Gasteiger partial charge in [-0.3, -0.25) is 4.99 Å². The second-order valence-electron chi connectivity index (χ2n) is 16.7. The number of hydrogen-bond acceptors (Lipinski definition) is 2. The molecule has 3 unspecified atom stereocenters. The normalized spacial score (nSPS) is 19.9. The number of nitrogens with one attached hydrogen (secondary N) is 1. The Morgan fingerprint density at radius 1 is 0.759 bits per heavy atom. The fourth-order valence-electron chi connectivity index (χ4n) is 9.20. The summed E-state index contributed by atoms with van der Waals surface area (Å²) >= 11 is 0. The van der Waals surface area contributed by atoms with Gasteiger partial charge in [-0.2, -0.15) is 0 Å². The number of anilines is 1. The molecule has 1 fully saturated rings. The Bertz CT molecular complexity index is 1930. The molecule has 0 heterocycles. The van der Waals surface area contributed by atoms with Crippen molar-refractivity contribution < 1.29 is 8.78 Å². The first-order valence-corrected chi connectivity index (χ1v) is 20.8. The largest absolute Gasteiger partial charge is 0.359 e. The van der Waals surface area contributed by atoms with Crippen molar-refractivity contribution in [1.29, 1.82) is 0 Å². The van der Waals surface area contributed by atoms with Crippen LogP contribution >= 0.6 is 0 Å². The molecule has 0 aromatic heterocycles. The Labute approximate surface area is 324 Å². The summed E-state index contributed by atoms with van der Waals surface area (Å²) in [5.41, 5.74) is 12.4. The van der Waals surface area contributed by atoms with E-state index < -0.39 is 11.6 Å². The smallest absolute Gasteiger partial charge is 0.129 e. The van der Waals surface area contributed by atoms with E-state index in [0.717, 1.165) is 65.2 Å². The fraction of sp³-hybridized carbons (Fsp3) is 0.460. The predicted molar refractivity (Wildman–Crippen MR) is 226 cm³/mol. The Kier molecular flexibility index (Phi) is 12.9. The van der Waals surface area contributed by atoms with Crippen LogP contribution in [0, 0.1) is 37.3 Å². The number of fused-ring (bicyclic) bond motifs is 1. The Hall–Kier alpha value is -4.05. The van der Waals surface area contributed by atoms with Crippen LogP contribution in [0.25, 0.3) is 0 Å². The maximum Gasteiger partial charge on any atom is 0.129 e. The second-order valence-corrected chi connectivity index (χ2v) is 16.7. The van der Waals surface area contributed by atoms with Crippen LogP contribution in [-0.2, 0) is 12.8 Å². The molecule has 0 radical (unpaired) electrons. The van der Waals surface area contributed by atoms with Gasteiger partial charge in [-0.05, 0) is 158 Å². The average molecular weight is 729 g/mol. The number of halogens is 2. The van der Waals surface area contributed by atoms with Crippen LogP contribution in [0.5, 0.6) is 0 Å². The number of unbranched alkanes of at least 4 members (excludes halogenated alkanes) is 2. The van der Waals surface area contributed by atoms with Crippen molar-refractivity contribution in [1.82, 2.24) is 0 Å². The highest BCUT2D eigenvalue weighted by molar-refractivity contribution is 5.87. The zero-order valence-electron chi connectivity index (χ0n) is 33.9. The molecular formula is C50H62F2N2. The summed E-state index contributed by atoms with van der Waals surface area (Å²) in [5.74, 6) is -0.0780. The standard InChI is InChI=1S/C50H62F2N2/c1-9-11-15-31(3)35(7)53-47-24-21-39(25-34(47)6)43-22-23-44(40-20-19-33(5)48(30-40)54-36(8)32(4)16-12-10-2)49(43)42-28-45(51)50(46(52)29-42)41-26-37-17-13-14-18-38(37)27-41/h13-14,17-21,24-25,28-32,41,43-44,49,53H,7,9-12,15-16,22-23,26-27H2,1-6,8H3/t31-,32?,43?,44+,49?/m0/s1. The molecule has 4 heteroatoms. The molecule has 4 aromatic rings. The van der Waals surface area contributed by atoms with E-state index in [4.69, 9.17) is 4.99 Å². The van der Waals surface area contributed by atoms with Gasteiger partial charge in [0.15, 0.2) is 0 Å². The fourth-order valence-corrected chi connectivity index (χ4v) is 9.20. The summed E-state index contributed by atoms with van der Waals surface area (Å²) < 4.78 is 32.9. The maximum atomic E-state index is 16.4. The van der Waals surface area contributed by atoms with Crippen LogP contribution in [0.2, 0.25) is 0 Å². The number of aliphatic imine (C=N–C) groups is 1. The third kappa shape index (κ3) is 8.74. The quantitative estimate of drug-likeness (QED) is 0.121. The van der Waals surface area contributed by atoms with E-state index in [0.29, 0.717) is 24.7 Å². The third-order valence-corrected chi connectivity index (χ3v) is 12.8. The molecule has 2 aliphatic carbocycles. The van der Waals surface area contributed by atoms with Gasteiger partial charge in [0.2, 0.25) is 0 Å². The van der Waals surface area contributed by atoms with E-state index in [2.05, 4.69) is 109 Å². The molecule has 0 amide bonds. The van der Waals surface area contributed by atoms with E-state index in [-0.39, 0.29) is 29.2 Å². The van der Waals surface area contributed by atoms with Crippen molar-refractivity contribution in [2.24, 2.45) is 16.8 Å². The van der Waals surface area contributed by atoms with Gasteiger partial charge in [-0.1, -0.05) is 108 Å². The highest BCUT2D eigenvalue weighted by atomic mass is 19.1. The Morgan fingerprint density at radius 2 is 1.33 bits per heavy atom. The van der Waals surface area contributed by atoms with Crippen molar-refractivity contribution in [3.8, 4) is 0 Å². The summed E-state index contributed by atoms with van der Waals surface area (Å²) in [6, 6.07) is 24.9. The van der Waals surface area contributed by atoms with E-state index in [9.17, 15) is 0 Å². The molecule has 0 saturated heterocycles. The number of aryl methyl sites for hydroxylation is 2. The molecule has 2 aliphatic rings. The van der Waals surface area contributed by atoms with E-state index in [1.165, 1.54) is 47.9 Å². The van der Waals surface area contributed by atoms with Gasteiger partial charge in [-0.15, -0.1) is 0 Å². The minimum absolute atomic E-state index is 0.0878. The molecular weight excluding hydrogens is 667 g/mol. The van der Waals surface area contributed by atoms with E-state index >= 15 is 8.78 Å². The first kappa shape index (κ1) is 39.6. The Balaban J connectivity index is 1.36. The second kappa shape index (κ2) is 17.6. The Morgan fingerprint density at radius 3 is 1.93 bits per heavy atom. The molecule has 4 aromatic carbocycles. The first-order chi connectivity index (χ1) is 26.0. The number of nitrogens with zero attached hydrogens (tertiary/aromatic N) is 1. The lowest BCUT2D eigenvalue weighted by atomic mass is 9.76. The highest BCUT2D eigenvalue weighted by Gasteiger charge is 2.40. The molecule has 0 spiro atoms. The lowest BCUT2D eigenvalue weighted by molar-refractivity contribution is 0.510. The van der Waals surface area contributed by atoms with E-state index in [1.54, 1.807) is 12.1 Å². The molecule has 1 N–H and O–H groups in total. The average Bonchev–Trinajstić information content (AvgIpc) is 3.79. The predicted octanol–water partition coefficient (Wildman–Crippen LogP) is 14.6. The van der Waals surface area contributed by atoms with Crippen LogP contribution in [-0.4, -0.2) is 5.71 Å². The zero-order chi connectivity index (χ0) is 38.5. The van der Waals surface area contributed by atoms with Gasteiger partial charge in [0.1, 0.15) is 11.6 Å². The minimum Gasteiger partial charge on any atom is -0.359 e. The molecule has 6 rings (SSSR count). The van der Waals surface area contributed by atoms with Crippen molar-refractivity contribution >= 4 is 17.1 Å². The summed E-state index contributed by atoms with van der Waals surface area (Å²) in [6.45, 7) is 19.8. The topological polar surface area (TPSA) is 24.4 Å². The molecule has 1 saturated carbocycles. The summed E-state index contributed by atoms with van der Waals surface area (Å²) in [6.07, 6.45) is 10.2. The van der Waals surface area contributed by atoms with Gasteiger partial charge in [-0.25, -0.2) is 8.78 Å². The van der Waals surface area contributed by atoms with Gasteiger partial charge < -0.3 is 5.32 Å². The SMILES string of the molecule is C=C(Nc1ccc(C2CC[C@H](c3ccc(C)c(N=C(C)C(C)CCCC)c3)C2c2cc(F)c(C3Cc4ccccc4C3)c(F)c2)cc1C)[C@@H](C)CCCC. The molecule has 286 valence electrons. The van der Waals surface area contributed by atoms with Crippen molar-refractivity contribution in [2.45, 2.75) is 136 Å². The van der Waals surface area contributed by atoms with Gasteiger partial charge in [0.05, 0.1) is 5.69 Å². The summed E-state index contributed by atoms with van der Waals surface area (Å²) in [7, 11) is 0. The minimum atomic E-state index is -0.412. The molecule has 54 heavy (non-hydrogen) atoms. The van der Waals surface area contributed by atoms with Crippen LogP contribution in [0.15, 0.2) is 90.1 Å². The molecule has 2 nitrogen and oxygen atoms in total. The van der Waals surface area contributed by atoms with Crippen LogP contribution < -0.4 is 5.32 Å². The van der Waals surface area contributed by atoms with Gasteiger partial charge in [0.25, 0.3) is 0 Å². The van der Waals surface area contributed by atoms with Crippen LogP contribution in [0.1, 0.15) is 154 Å². The lowest BCUT2D eigenvalue weighted by Crippen LogP contribution is -2.15. The van der Waals surface area contributed by atoms with E-state index in [1.807, 2.05) is 12.1 Å². The lowest BCUT2D eigenvalue weighted by Gasteiger charge is -2.28. The zero-order valence-corrected chi connectivity index (χ0v) is 33.9.